The van der Waals surface area contributed by atoms with Crippen LogP contribution in [0.5, 0.6) is 0 Å². The van der Waals surface area contributed by atoms with Crippen LogP contribution >= 0.6 is 11.3 Å². The molecule has 2 aromatic carbocycles. The van der Waals surface area contributed by atoms with Gasteiger partial charge in [0.1, 0.15) is 17.8 Å². The number of carboxylic acids is 1. The first-order valence-corrected chi connectivity index (χ1v) is 12.5. The fourth-order valence-electron chi connectivity index (χ4n) is 5.63. The number of carboxylic acid groups (broad SMARTS) is 1. The second-order valence-electron chi connectivity index (χ2n) is 9.22. The van der Waals surface area contributed by atoms with Crippen LogP contribution in [0.4, 0.5) is 9.93 Å². The van der Waals surface area contributed by atoms with Gasteiger partial charge in [0.15, 0.2) is 5.13 Å². The van der Waals surface area contributed by atoms with Gasteiger partial charge in [0.25, 0.3) is 5.91 Å². The molecule has 1 aliphatic heterocycles. The molecule has 2 N–H and O–H groups in total. The number of hydrogen-bond acceptors (Lipinski definition) is 6. The number of amides is 2. The Morgan fingerprint density at radius 2 is 1.80 bits per heavy atom. The maximum absolute atomic E-state index is 13.0. The lowest BCUT2D eigenvalue weighted by Crippen LogP contribution is -2.51. The minimum absolute atomic E-state index is 0.00903. The molecule has 1 saturated carbocycles. The Kier molecular flexibility index (Phi) is 5.10. The van der Waals surface area contributed by atoms with Crippen molar-refractivity contribution in [1.29, 1.82) is 0 Å². The number of anilines is 1. The van der Waals surface area contributed by atoms with Crippen molar-refractivity contribution >= 4 is 34.4 Å². The van der Waals surface area contributed by atoms with Crippen molar-refractivity contribution in [3.8, 4) is 11.1 Å². The van der Waals surface area contributed by atoms with E-state index >= 15 is 0 Å². The summed E-state index contributed by atoms with van der Waals surface area (Å²) >= 11 is 1.11. The quantitative estimate of drug-likeness (QED) is 0.543. The van der Waals surface area contributed by atoms with Gasteiger partial charge in [-0.3, -0.25) is 10.1 Å². The highest BCUT2D eigenvalue weighted by Crippen LogP contribution is 2.54. The van der Waals surface area contributed by atoms with Gasteiger partial charge in [0.05, 0.1) is 0 Å². The van der Waals surface area contributed by atoms with Crippen LogP contribution in [0, 0.1) is 5.92 Å². The molecule has 3 aliphatic rings. The maximum atomic E-state index is 13.0. The number of rotatable bonds is 5. The average molecular weight is 490 g/mol. The van der Waals surface area contributed by atoms with Gasteiger partial charge < -0.3 is 14.7 Å². The first-order valence-electron chi connectivity index (χ1n) is 11.6. The Morgan fingerprint density at radius 1 is 1.11 bits per heavy atom. The monoisotopic (exact) mass is 489 g/mol. The van der Waals surface area contributed by atoms with Crippen LogP contribution < -0.4 is 5.32 Å². The molecule has 6 rings (SSSR count). The predicted molar refractivity (Wildman–Crippen MR) is 130 cm³/mol. The Morgan fingerprint density at radius 3 is 2.49 bits per heavy atom. The molecule has 1 aromatic heterocycles. The molecule has 3 aromatic rings. The van der Waals surface area contributed by atoms with Gasteiger partial charge >= 0.3 is 12.1 Å². The first-order chi connectivity index (χ1) is 17.0. The van der Waals surface area contributed by atoms with Crippen molar-refractivity contribution in [3.63, 3.8) is 0 Å². The van der Waals surface area contributed by atoms with Crippen LogP contribution in [0.25, 0.3) is 11.1 Å². The second-order valence-corrected chi connectivity index (χ2v) is 10.1. The minimum atomic E-state index is -1.10. The van der Waals surface area contributed by atoms with Gasteiger partial charge in [-0.15, -0.1) is 11.3 Å². The lowest BCUT2D eigenvalue weighted by atomic mass is 9.98. The van der Waals surface area contributed by atoms with Gasteiger partial charge in [-0.2, -0.15) is 0 Å². The van der Waals surface area contributed by atoms with Gasteiger partial charge in [0, 0.05) is 17.8 Å². The van der Waals surface area contributed by atoms with E-state index in [1.54, 1.807) is 5.38 Å². The number of aromatic nitrogens is 1. The highest BCUT2D eigenvalue weighted by Gasteiger charge is 2.66. The van der Waals surface area contributed by atoms with Crippen molar-refractivity contribution in [2.45, 2.75) is 30.7 Å². The number of likely N-dealkylation sites (tertiary alicyclic amines) is 1. The van der Waals surface area contributed by atoms with E-state index in [-0.39, 0.29) is 29.3 Å². The zero-order valence-corrected chi connectivity index (χ0v) is 19.6. The molecule has 0 radical (unpaired) electrons. The molecule has 2 atom stereocenters. The molecule has 0 spiro atoms. The van der Waals surface area contributed by atoms with Crippen molar-refractivity contribution in [1.82, 2.24) is 9.88 Å². The molecule has 2 unspecified atom stereocenters. The van der Waals surface area contributed by atoms with Gasteiger partial charge in [-0.25, -0.2) is 14.6 Å². The maximum Gasteiger partial charge on any atom is 0.413 e. The SMILES string of the molecule is O=C(Nc1nc(C(=O)N2CCCC3CC32C(=O)O)cs1)OCC1c2ccccc2-c2ccccc21. The van der Waals surface area contributed by atoms with E-state index in [0.717, 1.165) is 46.4 Å². The molecular formula is C26H23N3O5S. The number of nitrogens with one attached hydrogen (secondary N) is 1. The first kappa shape index (κ1) is 21.8. The van der Waals surface area contributed by atoms with Gasteiger partial charge in [0.2, 0.25) is 0 Å². The van der Waals surface area contributed by atoms with Crippen LogP contribution in [0.3, 0.4) is 0 Å². The highest BCUT2D eigenvalue weighted by atomic mass is 32.1. The number of carbonyl (C=O) groups excluding carboxylic acids is 2. The van der Waals surface area contributed by atoms with Gasteiger partial charge in [-0.05, 0) is 47.4 Å². The van der Waals surface area contributed by atoms with Crippen molar-refractivity contribution in [2.24, 2.45) is 5.92 Å². The summed E-state index contributed by atoms with van der Waals surface area (Å²) in [6.45, 7) is 0.571. The Balaban J connectivity index is 1.11. The zero-order chi connectivity index (χ0) is 24.2. The fraction of sp³-hybridized carbons (Fsp3) is 0.308. The van der Waals surface area contributed by atoms with Crippen LogP contribution in [-0.2, 0) is 9.53 Å². The van der Waals surface area contributed by atoms with Crippen LogP contribution in [0.15, 0.2) is 53.9 Å². The molecule has 2 fully saturated rings. The number of nitrogens with zero attached hydrogens (tertiary/aromatic N) is 2. The molecule has 178 valence electrons. The third-order valence-electron chi connectivity index (χ3n) is 7.38. The Hall–Kier alpha value is -3.72. The molecule has 2 amide bonds. The number of benzene rings is 2. The van der Waals surface area contributed by atoms with E-state index in [9.17, 15) is 19.5 Å². The standard InChI is InChI=1S/C26H23N3O5S/c30-22(29-11-5-6-15-12-26(15,29)23(31)32)21-14-35-24(27-21)28-25(33)34-13-20-18-9-3-1-7-16(18)17-8-2-4-10-19(17)20/h1-4,7-10,14-15,20H,5-6,11-13H2,(H,31,32)(H,27,28,33). The topological polar surface area (TPSA) is 109 Å². The molecule has 35 heavy (non-hydrogen) atoms. The van der Waals surface area contributed by atoms with E-state index in [1.165, 1.54) is 4.90 Å². The summed E-state index contributed by atoms with van der Waals surface area (Å²) in [5, 5.41) is 14.1. The van der Waals surface area contributed by atoms with Crippen molar-refractivity contribution in [2.75, 3.05) is 18.5 Å². The Bertz CT molecular complexity index is 1310. The van der Waals surface area contributed by atoms with Crippen molar-refractivity contribution < 1.29 is 24.2 Å². The van der Waals surface area contributed by atoms with E-state index in [2.05, 4.69) is 34.6 Å². The van der Waals surface area contributed by atoms with E-state index in [4.69, 9.17) is 4.74 Å². The normalized spacial score (nSPS) is 22.1. The summed E-state index contributed by atoms with van der Waals surface area (Å²) < 4.78 is 5.54. The summed E-state index contributed by atoms with van der Waals surface area (Å²) in [4.78, 5) is 43.1. The zero-order valence-electron chi connectivity index (χ0n) is 18.8. The fourth-order valence-corrected chi connectivity index (χ4v) is 6.30. The molecule has 9 heteroatoms. The smallest absolute Gasteiger partial charge is 0.413 e. The van der Waals surface area contributed by atoms with Crippen LogP contribution in [-0.4, -0.2) is 51.7 Å². The summed E-state index contributed by atoms with van der Waals surface area (Å²) in [5.74, 6) is -1.41. The number of thiazole rings is 1. The second kappa shape index (κ2) is 8.20. The molecule has 1 saturated heterocycles. The highest BCUT2D eigenvalue weighted by molar-refractivity contribution is 7.14. The van der Waals surface area contributed by atoms with Crippen LogP contribution in [0.1, 0.15) is 46.8 Å². The summed E-state index contributed by atoms with van der Waals surface area (Å²) in [6.07, 6.45) is 1.44. The summed E-state index contributed by atoms with van der Waals surface area (Å²) in [6, 6.07) is 16.2. The van der Waals surface area contributed by atoms with Crippen molar-refractivity contribution in [3.05, 3.63) is 70.7 Å². The number of piperidine rings is 1. The van der Waals surface area contributed by atoms with Crippen LogP contribution in [0.2, 0.25) is 0 Å². The number of hydrogen-bond donors (Lipinski definition) is 2. The summed E-state index contributed by atoms with van der Waals surface area (Å²) in [7, 11) is 0. The third-order valence-corrected chi connectivity index (χ3v) is 8.14. The summed E-state index contributed by atoms with van der Waals surface area (Å²) in [5.41, 5.74) is 3.58. The van der Waals surface area contributed by atoms with E-state index < -0.39 is 23.5 Å². The lowest BCUT2D eigenvalue weighted by Gasteiger charge is -2.33. The number of fused-ring (bicyclic) bond motifs is 4. The molecule has 2 heterocycles. The Labute approximate surface area is 205 Å². The minimum Gasteiger partial charge on any atom is -0.479 e. The third kappa shape index (κ3) is 3.49. The number of aliphatic carboxylic acids is 1. The van der Waals surface area contributed by atoms with E-state index in [1.807, 2.05) is 24.3 Å². The molecular weight excluding hydrogens is 466 g/mol. The average Bonchev–Trinajstić information content (AvgIpc) is 3.33. The predicted octanol–water partition coefficient (Wildman–Crippen LogP) is 4.58. The van der Waals surface area contributed by atoms with E-state index in [0.29, 0.717) is 13.0 Å². The largest absolute Gasteiger partial charge is 0.479 e. The lowest BCUT2D eigenvalue weighted by molar-refractivity contribution is -0.145. The molecule has 0 bridgehead atoms. The number of ether oxygens (including phenoxy) is 1. The van der Waals surface area contributed by atoms with Gasteiger partial charge in [-0.1, -0.05) is 48.5 Å². The number of carbonyl (C=O) groups is 3. The molecule has 2 aliphatic carbocycles. The molecule has 8 nitrogen and oxygen atoms in total.